The van der Waals surface area contributed by atoms with Crippen molar-refractivity contribution in [2.24, 2.45) is 0 Å². The average Bonchev–Trinajstić information content (AvgIpc) is 3.12. The fourth-order valence-corrected chi connectivity index (χ4v) is 3.33. The van der Waals surface area contributed by atoms with Crippen molar-refractivity contribution in [2.75, 3.05) is 17.2 Å². The van der Waals surface area contributed by atoms with Crippen molar-refractivity contribution in [1.82, 2.24) is 10.1 Å². The number of hydrogen-bond donors (Lipinski definition) is 1. The maximum Gasteiger partial charge on any atom is 0.249 e. The van der Waals surface area contributed by atoms with E-state index >= 15 is 0 Å². The van der Waals surface area contributed by atoms with Crippen LogP contribution in [0, 0.1) is 0 Å². The lowest BCUT2D eigenvalue weighted by atomic mass is 9.98. The highest BCUT2D eigenvalue weighted by atomic mass is 35.5. The van der Waals surface area contributed by atoms with Gasteiger partial charge in [0.25, 0.3) is 0 Å². The van der Waals surface area contributed by atoms with Crippen molar-refractivity contribution < 1.29 is 4.52 Å². The van der Waals surface area contributed by atoms with Gasteiger partial charge in [0, 0.05) is 23.5 Å². The molecule has 0 spiro atoms. The number of hydrogen-bond acceptors (Lipinski definition) is 5. The summed E-state index contributed by atoms with van der Waals surface area (Å²) in [6.07, 6.45) is 2.09. The van der Waals surface area contributed by atoms with E-state index in [1.54, 1.807) is 0 Å². The number of anilines is 2. The first-order chi connectivity index (χ1) is 11.7. The van der Waals surface area contributed by atoms with Gasteiger partial charge in [0.15, 0.2) is 0 Å². The summed E-state index contributed by atoms with van der Waals surface area (Å²) in [7, 11) is 0. The van der Waals surface area contributed by atoms with E-state index in [-0.39, 0.29) is 18.4 Å². The van der Waals surface area contributed by atoms with E-state index in [0.29, 0.717) is 11.7 Å². The second-order valence-corrected chi connectivity index (χ2v) is 6.14. The highest BCUT2D eigenvalue weighted by Gasteiger charge is 2.27. The minimum Gasteiger partial charge on any atom is -0.398 e. The summed E-state index contributed by atoms with van der Waals surface area (Å²) in [6, 6.07) is 16.0. The van der Waals surface area contributed by atoms with Crippen LogP contribution in [0.2, 0.25) is 0 Å². The van der Waals surface area contributed by atoms with Gasteiger partial charge in [-0.1, -0.05) is 41.6 Å². The van der Waals surface area contributed by atoms with Crippen molar-refractivity contribution in [3.05, 3.63) is 60.0 Å². The standard InChI is InChI=1S/C19H20N4O.ClH/c1-13(19-21-18(22-24-19)14-7-3-2-4-8-14)23-12-6-9-15-16(20)10-5-11-17(15)23;/h2-5,7-8,10-11,13H,6,9,12,20H2,1H3;1H. The molecule has 6 heteroatoms. The first kappa shape index (κ1) is 17.3. The van der Waals surface area contributed by atoms with Gasteiger partial charge in [-0.25, -0.2) is 0 Å². The van der Waals surface area contributed by atoms with Gasteiger partial charge in [-0.05, 0) is 37.5 Å². The normalized spacial score (nSPS) is 14.5. The summed E-state index contributed by atoms with van der Waals surface area (Å²) in [5, 5.41) is 4.14. The highest BCUT2D eigenvalue weighted by Crippen LogP contribution is 2.36. The second kappa shape index (κ2) is 7.15. The molecule has 1 unspecified atom stereocenters. The van der Waals surface area contributed by atoms with Gasteiger partial charge in [-0.2, -0.15) is 4.98 Å². The van der Waals surface area contributed by atoms with E-state index < -0.39 is 0 Å². The van der Waals surface area contributed by atoms with Crippen LogP contribution in [-0.2, 0) is 6.42 Å². The van der Waals surface area contributed by atoms with E-state index in [1.165, 1.54) is 11.3 Å². The van der Waals surface area contributed by atoms with Crippen LogP contribution in [0.25, 0.3) is 11.4 Å². The summed E-state index contributed by atoms with van der Waals surface area (Å²) in [5.41, 5.74) is 10.4. The topological polar surface area (TPSA) is 68.2 Å². The van der Waals surface area contributed by atoms with E-state index in [2.05, 4.69) is 28.0 Å². The minimum atomic E-state index is 0. The number of halogens is 1. The molecule has 0 bridgehead atoms. The van der Waals surface area contributed by atoms with Crippen LogP contribution in [0.1, 0.15) is 30.8 Å². The van der Waals surface area contributed by atoms with Gasteiger partial charge in [0.2, 0.25) is 11.7 Å². The lowest BCUT2D eigenvalue weighted by Crippen LogP contribution is -2.32. The Bertz CT molecular complexity index is 850. The smallest absolute Gasteiger partial charge is 0.249 e. The molecule has 3 aromatic rings. The van der Waals surface area contributed by atoms with Gasteiger partial charge < -0.3 is 15.2 Å². The molecule has 25 heavy (non-hydrogen) atoms. The molecule has 0 aliphatic carbocycles. The number of nitrogens with zero attached hydrogens (tertiary/aromatic N) is 3. The summed E-state index contributed by atoms with van der Waals surface area (Å²) >= 11 is 0. The molecule has 0 fully saturated rings. The van der Waals surface area contributed by atoms with E-state index in [1.807, 2.05) is 42.5 Å². The second-order valence-electron chi connectivity index (χ2n) is 6.14. The predicted octanol–water partition coefficient (Wildman–Crippen LogP) is 4.25. The Morgan fingerprint density at radius 1 is 1.12 bits per heavy atom. The largest absolute Gasteiger partial charge is 0.398 e. The molecule has 0 amide bonds. The number of fused-ring (bicyclic) bond motifs is 1. The number of benzene rings is 2. The van der Waals surface area contributed by atoms with Crippen molar-refractivity contribution in [2.45, 2.75) is 25.8 Å². The van der Waals surface area contributed by atoms with Crippen LogP contribution in [0.5, 0.6) is 0 Å². The van der Waals surface area contributed by atoms with Gasteiger partial charge >= 0.3 is 0 Å². The molecule has 130 valence electrons. The maximum absolute atomic E-state index is 6.14. The van der Waals surface area contributed by atoms with Crippen molar-refractivity contribution in [3.63, 3.8) is 0 Å². The Labute approximate surface area is 153 Å². The monoisotopic (exact) mass is 356 g/mol. The molecule has 1 atom stereocenters. The first-order valence-corrected chi connectivity index (χ1v) is 8.27. The van der Waals surface area contributed by atoms with Gasteiger partial charge in [-0.15, -0.1) is 12.4 Å². The Balaban J connectivity index is 0.00000182. The fraction of sp³-hybridized carbons (Fsp3) is 0.263. The van der Waals surface area contributed by atoms with E-state index in [0.717, 1.165) is 30.6 Å². The van der Waals surface area contributed by atoms with Crippen molar-refractivity contribution >= 4 is 23.8 Å². The third-order valence-electron chi connectivity index (χ3n) is 4.62. The average molecular weight is 357 g/mol. The van der Waals surface area contributed by atoms with Crippen LogP contribution in [0.15, 0.2) is 53.1 Å². The molecule has 2 heterocycles. The summed E-state index contributed by atoms with van der Waals surface area (Å²) in [4.78, 5) is 6.90. The first-order valence-electron chi connectivity index (χ1n) is 8.27. The minimum absolute atomic E-state index is 0. The summed E-state index contributed by atoms with van der Waals surface area (Å²) in [6.45, 7) is 3.06. The highest BCUT2D eigenvalue weighted by molar-refractivity contribution is 5.85. The molecule has 0 saturated heterocycles. The lowest BCUT2D eigenvalue weighted by Gasteiger charge is -2.35. The molecule has 1 aliphatic rings. The molecule has 1 aliphatic heterocycles. The van der Waals surface area contributed by atoms with Crippen LogP contribution >= 0.6 is 12.4 Å². The molecule has 2 N–H and O–H groups in total. The lowest BCUT2D eigenvalue weighted by molar-refractivity contribution is 0.353. The maximum atomic E-state index is 6.14. The number of nitrogen functional groups attached to an aromatic ring is 1. The van der Waals surface area contributed by atoms with Crippen LogP contribution in [0.4, 0.5) is 11.4 Å². The summed E-state index contributed by atoms with van der Waals surface area (Å²) in [5.74, 6) is 1.26. The zero-order valence-electron chi connectivity index (χ0n) is 14.1. The fourth-order valence-electron chi connectivity index (χ4n) is 3.33. The summed E-state index contributed by atoms with van der Waals surface area (Å²) < 4.78 is 5.55. The zero-order valence-corrected chi connectivity index (χ0v) is 14.9. The van der Waals surface area contributed by atoms with Crippen LogP contribution in [-0.4, -0.2) is 16.7 Å². The van der Waals surface area contributed by atoms with Crippen LogP contribution < -0.4 is 10.6 Å². The van der Waals surface area contributed by atoms with Crippen molar-refractivity contribution in [3.8, 4) is 11.4 Å². The Morgan fingerprint density at radius 3 is 2.72 bits per heavy atom. The van der Waals surface area contributed by atoms with E-state index in [9.17, 15) is 0 Å². The van der Waals surface area contributed by atoms with Crippen LogP contribution in [0.3, 0.4) is 0 Å². The van der Waals surface area contributed by atoms with Gasteiger partial charge in [0.05, 0.1) is 0 Å². The molecule has 1 aromatic heterocycles. The Kier molecular flexibility index (Phi) is 4.95. The molecule has 0 saturated carbocycles. The molecule has 0 radical (unpaired) electrons. The third kappa shape index (κ3) is 3.20. The molecular weight excluding hydrogens is 336 g/mol. The number of rotatable bonds is 3. The SMILES string of the molecule is CC(c1nc(-c2ccccc2)no1)N1CCCc2c(N)cccc21.Cl. The Morgan fingerprint density at radius 2 is 1.92 bits per heavy atom. The Hall–Kier alpha value is -2.53. The van der Waals surface area contributed by atoms with Crippen molar-refractivity contribution in [1.29, 1.82) is 0 Å². The predicted molar refractivity (Wildman–Crippen MR) is 102 cm³/mol. The molecule has 4 rings (SSSR count). The molecule has 2 aromatic carbocycles. The third-order valence-corrected chi connectivity index (χ3v) is 4.62. The van der Waals surface area contributed by atoms with E-state index in [4.69, 9.17) is 10.3 Å². The molecule has 5 nitrogen and oxygen atoms in total. The molecular formula is C19H21ClN4O. The van der Waals surface area contributed by atoms with Gasteiger partial charge in [-0.3, -0.25) is 0 Å². The number of nitrogens with two attached hydrogens (primary N) is 1. The van der Waals surface area contributed by atoms with Gasteiger partial charge in [0.1, 0.15) is 6.04 Å². The number of aromatic nitrogens is 2. The zero-order chi connectivity index (χ0) is 16.5. The quantitative estimate of drug-likeness (QED) is 0.710.